The van der Waals surface area contributed by atoms with E-state index in [2.05, 4.69) is 5.32 Å². The van der Waals surface area contributed by atoms with E-state index >= 15 is 0 Å². The van der Waals surface area contributed by atoms with Crippen molar-refractivity contribution in [3.05, 3.63) is 0 Å². The summed E-state index contributed by atoms with van der Waals surface area (Å²) in [4.78, 5) is 0. The Labute approximate surface area is 72.0 Å². The molecule has 0 aliphatic heterocycles. The van der Waals surface area contributed by atoms with Crippen LogP contribution in [0.25, 0.3) is 0 Å². The smallest absolute Gasteiger partial charge is 0.305 e. The van der Waals surface area contributed by atoms with E-state index in [1.165, 1.54) is 6.26 Å². The van der Waals surface area contributed by atoms with Crippen LogP contribution in [0, 0.1) is 0 Å². The first-order valence-electron chi connectivity index (χ1n) is 3.41. The van der Waals surface area contributed by atoms with Crippen molar-refractivity contribution in [3.8, 4) is 0 Å². The fourth-order valence-corrected chi connectivity index (χ4v) is 1.52. The third-order valence-corrected chi connectivity index (χ3v) is 2.11. The molecular weight excluding hydrogens is 191 g/mol. The number of alkyl halides is 3. The highest BCUT2D eigenvalue weighted by molar-refractivity contribution is 7.84. The molecule has 0 radical (unpaired) electrons. The minimum atomic E-state index is -4.19. The SMILES string of the molecule is CC(CS(C)=O)NCC(F)(F)F. The Morgan fingerprint density at radius 3 is 2.33 bits per heavy atom. The maximum absolute atomic E-state index is 11.6. The molecular formula is C6H12F3NOS. The van der Waals surface area contributed by atoms with Gasteiger partial charge in [0.05, 0.1) is 6.54 Å². The Morgan fingerprint density at radius 2 is 2.00 bits per heavy atom. The normalized spacial score (nSPS) is 17.4. The largest absolute Gasteiger partial charge is 0.401 e. The lowest BCUT2D eigenvalue weighted by molar-refractivity contribution is -0.125. The van der Waals surface area contributed by atoms with Crippen molar-refractivity contribution in [2.45, 2.75) is 19.1 Å². The van der Waals surface area contributed by atoms with Gasteiger partial charge in [0.15, 0.2) is 0 Å². The van der Waals surface area contributed by atoms with Crippen molar-refractivity contribution in [1.82, 2.24) is 5.32 Å². The fourth-order valence-electron chi connectivity index (χ4n) is 0.701. The van der Waals surface area contributed by atoms with Crippen molar-refractivity contribution in [2.75, 3.05) is 18.6 Å². The van der Waals surface area contributed by atoms with Gasteiger partial charge in [0.1, 0.15) is 0 Å². The lowest BCUT2D eigenvalue weighted by atomic mass is 10.4. The van der Waals surface area contributed by atoms with Crippen LogP contribution in [0.2, 0.25) is 0 Å². The number of hydrogen-bond donors (Lipinski definition) is 1. The van der Waals surface area contributed by atoms with Crippen LogP contribution in [0.1, 0.15) is 6.92 Å². The first-order chi connectivity index (χ1) is 5.31. The molecule has 0 aromatic carbocycles. The maximum Gasteiger partial charge on any atom is 0.401 e. The highest BCUT2D eigenvalue weighted by atomic mass is 32.2. The third-order valence-electron chi connectivity index (χ3n) is 1.14. The van der Waals surface area contributed by atoms with Crippen molar-refractivity contribution >= 4 is 10.8 Å². The van der Waals surface area contributed by atoms with Crippen LogP contribution in [-0.2, 0) is 10.8 Å². The highest BCUT2D eigenvalue weighted by Crippen LogP contribution is 2.12. The van der Waals surface area contributed by atoms with Crippen LogP contribution in [0.15, 0.2) is 0 Å². The van der Waals surface area contributed by atoms with E-state index in [9.17, 15) is 17.4 Å². The van der Waals surface area contributed by atoms with Crippen LogP contribution in [-0.4, -0.2) is 35.0 Å². The summed E-state index contributed by atoms with van der Waals surface area (Å²) in [6.07, 6.45) is -2.73. The molecule has 0 aromatic heterocycles. The first-order valence-corrected chi connectivity index (χ1v) is 5.14. The zero-order chi connectivity index (χ0) is 9.78. The average Bonchev–Trinajstić information content (AvgIpc) is 1.80. The molecule has 0 bridgehead atoms. The van der Waals surface area contributed by atoms with E-state index in [-0.39, 0.29) is 11.8 Å². The Balaban J connectivity index is 3.57. The van der Waals surface area contributed by atoms with Crippen molar-refractivity contribution < 1.29 is 17.4 Å². The molecule has 0 heterocycles. The zero-order valence-electron chi connectivity index (χ0n) is 6.94. The molecule has 0 spiro atoms. The van der Waals surface area contributed by atoms with Gasteiger partial charge in [0, 0.05) is 28.9 Å². The van der Waals surface area contributed by atoms with Crippen LogP contribution in [0.3, 0.4) is 0 Å². The van der Waals surface area contributed by atoms with Crippen LogP contribution < -0.4 is 5.32 Å². The molecule has 6 heteroatoms. The van der Waals surface area contributed by atoms with Crippen LogP contribution in [0.5, 0.6) is 0 Å². The average molecular weight is 203 g/mol. The summed E-state index contributed by atoms with van der Waals surface area (Å²) in [5.74, 6) is 0.246. The summed E-state index contributed by atoms with van der Waals surface area (Å²) in [7, 11) is -1.05. The minimum absolute atomic E-state index is 0.246. The molecule has 0 aliphatic rings. The van der Waals surface area contributed by atoms with E-state index in [0.29, 0.717) is 0 Å². The van der Waals surface area contributed by atoms with Crippen molar-refractivity contribution in [1.29, 1.82) is 0 Å². The van der Waals surface area contributed by atoms with Crippen LogP contribution >= 0.6 is 0 Å². The molecule has 0 amide bonds. The molecule has 74 valence electrons. The van der Waals surface area contributed by atoms with Gasteiger partial charge in [-0.1, -0.05) is 0 Å². The summed E-state index contributed by atoms with van der Waals surface area (Å²) in [5.41, 5.74) is 0. The van der Waals surface area contributed by atoms with Gasteiger partial charge in [0.25, 0.3) is 0 Å². The first kappa shape index (κ1) is 11.9. The summed E-state index contributed by atoms with van der Waals surface area (Å²) < 4.78 is 45.4. The molecule has 0 saturated carbocycles. The van der Waals surface area contributed by atoms with Gasteiger partial charge in [-0.25, -0.2) is 0 Å². The predicted molar refractivity (Wildman–Crippen MR) is 42.5 cm³/mol. The minimum Gasteiger partial charge on any atom is -0.305 e. The maximum atomic E-state index is 11.6. The monoisotopic (exact) mass is 203 g/mol. The van der Waals surface area contributed by atoms with E-state index in [1.54, 1.807) is 6.92 Å². The number of halogens is 3. The lowest BCUT2D eigenvalue weighted by Crippen LogP contribution is -2.38. The molecule has 2 nitrogen and oxygen atoms in total. The molecule has 2 unspecified atom stereocenters. The number of hydrogen-bond acceptors (Lipinski definition) is 2. The zero-order valence-corrected chi connectivity index (χ0v) is 7.76. The van der Waals surface area contributed by atoms with Gasteiger partial charge in [-0.2, -0.15) is 13.2 Å². The molecule has 0 fully saturated rings. The second-order valence-electron chi connectivity index (χ2n) is 2.64. The van der Waals surface area contributed by atoms with Gasteiger partial charge in [-0.05, 0) is 6.92 Å². The second-order valence-corrected chi connectivity index (χ2v) is 4.12. The van der Waals surface area contributed by atoms with Crippen molar-refractivity contribution in [3.63, 3.8) is 0 Å². The summed E-state index contributed by atoms with van der Waals surface area (Å²) in [5, 5.41) is 2.24. The van der Waals surface area contributed by atoms with Crippen LogP contribution in [0.4, 0.5) is 13.2 Å². The van der Waals surface area contributed by atoms with E-state index in [4.69, 9.17) is 0 Å². The second kappa shape index (κ2) is 4.81. The lowest BCUT2D eigenvalue weighted by Gasteiger charge is -2.13. The van der Waals surface area contributed by atoms with Gasteiger partial charge in [-0.3, -0.25) is 4.21 Å². The molecule has 0 rings (SSSR count). The van der Waals surface area contributed by atoms with E-state index < -0.39 is 23.5 Å². The summed E-state index contributed by atoms with van der Waals surface area (Å²) >= 11 is 0. The fraction of sp³-hybridized carbons (Fsp3) is 1.00. The number of nitrogens with one attached hydrogen (secondary N) is 1. The predicted octanol–water partition coefficient (Wildman–Crippen LogP) is 0.905. The van der Waals surface area contributed by atoms with Gasteiger partial charge >= 0.3 is 6.18 Å². The Bertz CT molecular complexity index is 159. The van der Waals surface area contributed by atoms with Gasteiger partial charge < -0.3 is 5.32 Å². The summed E-state index contributed by atoms with van der Waals surface area (Å²) in [6, 6.07) is -0.363. The molecule has 0 saturated heterocycles. The van der Waals surface area contributed by atoms with Gasteiger partial charge in [0.2, 0.25) is 0 Å². The van der Waals surface area contributed by atoms with Gasteiger partial charge in [-0.15, -0.1) is 0 Å². The Hall–Kier alpha value is -0.100. The molecule has 0 aromatic rings. The topological polar surface area (TPSA) is 29.1 Å². The number of rotatable bonds is 4. The standard InChI is InChI=1S/C6H12F3NOS/c1-5(3-12(2)11)10-4-6(7,8)9/h5,10H,3-4H2,1-2H3. The molecule has 0 aliphatic carbocycles. The quantitative estimate of drug-likeness (QED) is 0.735. The third kappa shape index (κ3) is 8.00. The van der Waals surface area contributed by atoms with Crippen molar-refractivity contribution in [2.24, 2.45) is 0 Å². The summed E-state index contributed by atoms with van der Waals surface area (Å²) in [6.45, 7) is 0.554. The Kier molecular flexibility index (Phi) is 4.77. The van der Waals surface area contributed by atoms with E-state index in [0.717, 1.165) is 0 Å². The molecule has 12 heavy (non-hydrogen) atoms. The highest BCUT2D eigenvalue weighted by Gasteiger charge is 2.27. The molecule has 2 atom stereocenters. The Morgan fingerprint density at radius 1 is 1.50 bits per heavy atom. The molecule has 1 N–H and O–H groups in total. The van der Waals surface area contributed by atoms with E-state index in [1.807, 2.05) is 0 Å².